The van der Waals surface area contributed by atoms with E-state index < -0.39 is 40.2 Å². The Kier molecular flexibility index (Phi) is 5.90. The Morgan fingerprint density at radius 2 is 2.03 bits per heavy atom. The van der Waals surface area contributed by atoms with Gasteiger partial charge in [-0.15, -0.1) is 0 Å². The van der Waals surface area contributed by atoms with Crippen LogP contribution in [0.4, 0.5) is 15.8 Å². The monoisotopic (exact) mass is 417 g/mol. The molecule has 0 aliphatic heterocycles. The number of nitro groups is 1. The van der Waals surface area contributed by atoms with Crippen molar-refractivity contribution in [2.45, 2.75) is 26.0 Å². The highest BCUT2D eigenvalue weighted by Crippen LogP contribution is 2.22. The number of nitrogens with zero attached hydrogens (tertiary/aromatic N) is 2. The molecule has 30 heavy (non-hydrogen) atoms. The highest BCUT2D eigenvalue weighted by atomic mass is 19.1. The van der Waals surface area contributed by atoms with Crippen molar-refractivity contribution < 1.29 is 28.1 Å². The summed E-state index contributed by atoms with van der Waals surface area (Å²) in [6.07, 6.45) is -1.41. The van der Waals surface area contributed by atoms with E-state index in [1.165, 1.54) is 11.5 Å². The number of oxazole rings is 1. The molecule has 0 bridgehead atoms. The van der Waals surface area contributed by atoms with Gasteiger partial charge in [0.1, 0.15) is 0 Å². The number of esters is 1. The molecule has 11 heteroatoms. The molecule has 10 nitrogen and oxygen atoms in total. The Labute approximate surface area is 168 Å². The summed E-state index contributed by atoms with van der Waals surface area (Å²) in [6, 6.07) is 9.57. The fourth-order valence-electron chi connectivity index (χ4n) is 2.71. The average molecular weight is 417 g/mol. The number of fused-ring (bicyclic) bond motifs is 1. The fraction of sp³-hybridized carbons (Fsp3) is 0.211. The molecule has 1 aromatic heterocycles. The van der Waals surface area contributed by atoms with Gasteiger partial charge in [-0.3, -0.25) is 24.3 Å². The number of amides is 1. The first-order chi connectivity index (χ1) is 14.3. The number of carbonyl (C=O) groups is 2. The van der Waals surface area contributed by atoms with Gasteiger partial charge < -0.3 is 14.5 Å². The molecule has 0 aliphatic carbocycles. The molecule has 1 heterocycles. The summed E-state index contributed by atoms with van der Waals surface area (Å²) in [5.74, 6) is -3.15. The van der Waals surface area contributed by atoms with Gasteiger partial charge in [0.25, 0.3) is 5.91 Å². The number of hydrogen-bond donors (Lipinski definition) is 1. The Balaban J connectivity index is 1.58. The zero-order valence-corrected chi connectivity index (χ0v) is 15.7. The topological polar surface area (TPSA) is 134 Å². The molecule has 1 N–H and O–H groups in total. The van der Waals surface area contributed by atoms with Gasteiger partial charge in [0, 0.05) is 18.3 Å². The van der Waals surface area contributed by atoms with Crippen LogP contribution in [0.25, 0.3) is 11.1 Å². The Bertz CT molecular complexity index is 1180. The molecular weight excluding hydrogens is 401 g/mol. The van der Waals surface area contributed by atoms with Gasteiger partial charge in [-0.1, -0.05) is 12.1 Å². The quantitative estimate of drug-likeness (QED) is 0.355. The Hall–Kier alpha value is -4.02. The summed E-state index contributed by atoms with van der Waals surface area (Å²) in [5, 5.41) is 13.1. The summed E-state index contributed by atoms with van der Waals surface area (Å²) < 4.78 is 24.7. The van der Waals surface area contributed by atoms with Crippen LogP contribution < -0.4 is 11.1 Å². The smallest absolute Gasteiger partial charge is 0.419 e. The molecule has 1 atom stereocenters. The van der Waals surface area contributed by atoms with Gasteiger partial charge in [0.05, 0.1) is 16.9 Å². The molecule has 3 rings (SSSR count). The van der Waals surface area contributed by atoms with E-state index in [2.05, 4.69) is 5.32 Å². The van der Waals surface area contributed by atoms with E-state index in [0.29, 0.717) is 11.1 Å². The zero-order chi connectivity index (χ0) is 21.8. The van der Waals surface area contributed by atoms with Crippen LogP contribution in [0.1, 0.15) is 13.3 Å². The molecule has 1 amide bonds. The minimum absolute atomic E-state index is 0.00677. The second-order valence-corrected chi connectivity index (χ2v) is 6.28. The first kappa shape index (κ1) is 20.7. The van der Waals surface area contributed by atoms with Gasteiger partial charge in [-0.2, -0.15) is 4.39 Å². The molecule has 0 saturated carbocycles. The molecule has 0 radical (unpaired) electrons. The van der Waals surface area contributed by atoms with Crippen LogP contribution in [-0.2, 0) is 20.9 Å². The van der Waals surface area contributed by atoms with Gasteiger partial charge in [-0.25, -0.2) is 4.79 Å². The number of ether oxygens (including phenoxy) is 1. The number of anilines is 1. The second-order valence-electron chi connectivity index (χ2n) is 6.28. The van der Waals surface area contributed by atoms with Crippen molar-refractivity contribution in [1.82, 2.24) is 4.57 Å². The maximum atomic E-state index is 13.4. The first-order valence-electron chi connectivity index (χ1n) is 8.79. The molecule has 0 spiro atoms. The zero-order valence-electron chi connectivity index (χ0n) is 15.7. The summed E-state index contributed by atoms with van der Waals surface area (Å²) in [6.45, 7) is 1.30. The predicted molar refractivity (Wildman–Crippen MR) is 102 cm³/mol. The van der Waals surface area contributed by atoms with Crippen LogP contribution in [0.5, 0.6) is 0 Å². The van der Waals surface area contributed by atoms with Gasteiger partial charge in [-0.05, 0) is 31.2 Å². The maximum Gasteiger partial charge on any atom is 0.419 e. The lowest BCUT2D eigenvalue weighted by Gasteiger charge is -2.13. The van der Waals surface area contributed by atoms with Crippen LogP contribution >= 0.6 is 0 Å². The van der Waals surface area contributed by atoms with Gasteiger partial charge in [0.15, 0.2) is 11.7 Å². The van der Waals surface area contributed by atoms with Crippen molar-refractivity contribution in [3.63, 3.8) is 0 Å². The fourth-order valence-corrected chi connectivity index (χ4v) is 2.71. The molecule has 156 valence electrons. The number of aryl methyl sites for hydroxylation is 1. The van der Waals surface area contributed by atoms with E-state index in [4.69, 9.17) is 9.15 Å². The van der Waals surface area contributed by atoms with E-state index in [1.54, 1.807) is 24.3 Å². The Morgan fingerprint density at radius 3 is 2.77 bits per heavy atom. The predicted octanol–water partition coefficient (Wildman–Crippen LogP) is 2.60. The van der Waals surface area contributed by atoms with Crippen molar-refractivity contribution in [1.29, 1.82) is 0 Å². The summed E-state index contributed by atoms with van der Waals surface area (Å²) in [4.78, 5) is 45.9. The molecule has 1 unspecified atom stereocenters. The third kappa shape index (κ3) is 4.51. The first-order valence-corrected chi connectivity index (χ1v) is 8.79. The lowest BCUT2D eigenvalue weighted by Crippen LogP contribution is -2.30. The summed E-state index contributed by atoms with van der Waals surface area (Å²) in [5.41, 5.74) is 0.0960. The van der Waals surface area contributed by atoms with Crippen LogP contribution in [0.3, 0.4) is 0 Å². The molecule has 0 fully saturated rings. The van der Waals surface area contributed by atoms with E-state index in [1.807, 2.05) is 0 Å². The van der Waals surface area contributed by atoms with Crippen molar-refractivity contribution in [3.8, 4) is 0 Å². The number of carbonyl (C=O) groups excluding carboxylic acids is 2. The number of rotatable bonds is 7. The third-order valence-electron chi connectivity index (χ3n) is 4.20. The molecule has 0 saturated heterocycles. The number of nitro benzene ring substituents is 1. The number of nitrogens with one attached hydrogen (secondary N) is 1. The van der Waals surface area contributed by atoms with Crippen LogP contribution in [0.15, 0.2) is 51.7 Å². The highest BCUT2D eigenvalue weighted by molar-refractivity contribution is 5.95. The van der Waals surface area contributed by atoms with E-state index in [9.17, 15) is 28.9 Å². The highest BCUT2D eigenvalue weighted by Gasteiger charge is 2.21. The number of hydrogen-bond acceptors (Lipinski definition) is 7. The summed E-state index contributed by atoms with van der Waals surface area (Å²) in [7, 11) is 0. The van der Waals surface area contributed by atoms with Gasteiger partial charge >= 0.3 is 17.4 Å². The summed E-state index contributed by atoms with van der Waals surface area (Å²) >= 11 is 0. The van der Waals surface area contributed by atoms with Crippen molar-refractivity contribution in [2.24, 2.45) is 0 Å². The normalized spacial score (nSPS) is 11.8. The minimum atomic E-state index is -1.22. The SMILES string of the molecule is CC(OC(=O)CCn1c(=O)oc2ccccc21)C(=O)Nc1ccc(F)c([N+](=O)[O-])c1. The number of benzene rings is 2. The van der Waals surface area contributed by atoms with Crippen molar-refractivity contribution >= 4 is 34.4 Å². The lowest BCUT2D eigenvalue weighted by molar-refractivity contribution is -0.387. The largest absolute Gasteiger partial charge is 0.452 e. The van der Waals surface area contributed by atoms with Crippen molar-refractivity contribution in [3.05, 3.63) is 68.9 Å². The minimum Gasteiger partial charge on any atom is -0.452 e. The standard InChI is InChI=1S/C19H16FN3O7/c1-11(18(25)21-12-6-7-13(20)15(10-12)23(27)28)29-17(24)8-9-22-14-4-2-3-5-16(14)30-19(22)26/h2-7,10-11H,8-9H2,1H3,(H,21,25). The lowest BCUT2D eigenvalue weighted by atomic mass is 10.2. The van der Waals surface area contributed by atoms with Crippen LogP contribution in [0.2, 0.25) is 0 Å². The molecular formula is C19H16FN3O7. The Morgan fingerprint density at radius 1 is 1.30 bits per heavy atom. The van der Waals surface area contributed by atoms with Crippen LogP contribution in [0, 0.1) is 15.9 Å². The number of para-hydroxylation sites is 2. The number of aromatic nitrogens is 1. The van der Waals surface area contributed by atoms with E-state index in [-0.39, 0.29) is 18.7 Å². The molecule has 2 aromatic carbocycles. The maximum absolute atomic E-state index is 13.4. The molecule has 3 aromatic rings. The van der Waals surface area contributed by atoms with E-state index >= 15 is 0 Å². The van der Waals surface area contributed by atoms with Gasteiger partial charge in [0.2, 0.25) is 5.82 Å². The average Bonchev–Trinajstić information content (AvgIpc) is 3.02. The third-order valence-corrected chi connectivity index (χ3v) is 4.20. The van der Waals surface area contributed by atoms with E-state index in [0.717, 1.165) is 18.2 Å². The number of halogens is 1. The molecule has 0 aliphatic rings. The van der Waals surface area contributed by atoms with Crippen molar-refractivity contribution in [2.75, 3.05) is 5.32 Å². The van der Waals surface area contributed by atoms with Crippen LogP contribution in [-0.4, -0.2) is 27.5 Å². The second kappa shape index (κ2) is 8.55.